The monoisotopic (exact) mass is 383 g/mol. The Bertz CT molecular complexity index is 817. The van der Waals surface area contributed by atoms with E-state index in [-0.39, 0.29) is 18.9 Å². The number of rotatable bonds is 7. The number of para-hydroxylation sites is 1. The topological polar surface area (TPSA) is 96.5 Å². The molecule has 0 spiro atoms. The van der Waals surface area contributed by atoms with Crippen LogP contribution in [-0.2, 0) is 14.4 Å². The Labute approximate surface area is 164 Å². The van der Waals surface area contributed by atoms with Crippen molar-refractivity contribution in [3.63, 3.8) is 0 Å². The molecule has 3 N–H and O–H groups in total. The molecule has 2 rings (SSSR count). The summed E-state index contributed by atoms with van der Waals surface area (Å²) in [5.74, 6) is -0.499. The van der Waals surface area contributed by atoms with Crippen molar-refractivity contribution >= 4 is 17.7 Å². The molecule has 0 aromatic heterocycles. The van der Waals surface area contributed by atoms with Crippen molar-refractivity contribution in [3.05, 3.63) is 65.2 Å². The van der Waals surface area contributed by atoms with Crippen LogP contribution >= 0.6 is 0 Å². The molecule has 0 radical (unpaired) electrons. The summed E-state index contributed by atoms with van der Waals surface area (Å²) in [7, 11) is 0. The van der Waals surface area contributed by atoms with Crippen molar-refractivity contribution in [2.24, 2.45) is 0 Å². The maximum Gasteiger partial charge on any atom is 0.276 e. The fourth-order valence-electron chi connectivity index (χ4n) is 2.76. The summed E-state index contributed by atoms with van der Waals surface area (Å²) in [5.41, 5.74) is 7.34. The molecule has 148 valence electrons. The highest BCUT2D eigenvalue weighted by molar-refractivity contribution is 5.83. The zero-order valence-electron chi connectivity index (χ0n) is 16.2. The molecular formula is C21H25N3O4. The first-order valence-corrected chi connectivity index (χ1v) is 8.95. The van der Waals surface area contributed by atoms with Crippen LogP contribution in [0.1, 0.15) is 36.1 Å². The van der Waals surface area contributed by atoms with Gasteiger partial charge in [0, 0.05) is 6.92 Å². The summed E-state index contributed by atoms with van der Waals surface area (Å²) < 4.78 is 5.54. The van der Waals surface area contributed by atoms with Crippen LogP contribution in [-0.4, -0.2) is 24.3 Å². The van der Waals surface area contributed by atoms with E-state index in [1.807, 2.05) is 62.4 Å². The molecule has 0 bridgehead atoms. The first-order valence-electron chi connectivity index (χ1n) is 8.95. The molecular weight excluding hydrogens is 358 g/mol. The van der Waals surface area contributed by atoms with Gasteiger partial charge in [-0.15, -0.1) is 0 Å². The molecule has 0 saturated carbocycles. The molecule has 0 aliphatic carbocycles. The average molecular weight is 383 g/mol. The van der Waals surface area contributed by atoms with Crippen molar-refractivity contribution in [1.82, 2.24) is 16.2 Å². The average Bonchev–Trinajstić information content (AvgIpc) is 2.66. The minimum atomic E-state index is -0.485. The number of carbonyl (C=O) groups is 3. The molecule has 2 aromatic carbocycles. The normalized spacial score (nSPS) is 11.2. The lowest BCUT2D eigenvalue weighted by molar-refractivity contribution is -0.130. The van der Waals surface area contributed by atoms with Gasteiger partial charge in [-0.1, -0.05) is 48.5 Å². The second-order valence-corrected chi connectivity index (χ2v) is 6.47. The summed E-state index contributed by atoms with van der Waals surface area (Å²) in [6, 6.07) is 14.4. The van der Waals surface area contributed by atoms with E-state index in [9.17, 15) is 14.4 Å². The van der Waals surface area contributed by atoms with Crippen LogP contribution < -0.4 is 20.9 Å². The summed E-state index contributed by atoms with van der Waals surface area (Å²) in [6.45, 7) is 4.96. The van der Waals surface area contributed by atoms with Crippen LogP contribution in [0.5, 0.6) is 5.75 Å². The zero-order chi connectivity index (χ0) is 20.5. The number of hydrogen-bond donors (Lipinski definition) is 3. The lowest BCUT2D eigenvalue weighted by Gasteiger charge is -2.18. The molecule has 7 nitrogen and oxygen atoms in total. The Morgan fingerprint density at radius 2 is 1.50 bits per heavy atom. The van der Waals surface area contributed by atoms with Gasteiger partial charge in [0.15, 0.2) is 6.61 Å². The number of carbonyl (C=O) groups excluding carboxylic acids is 3. The van der Waals surface area contributed by atoms with Crippen molar-refractivity contribution in [3.8, 4) is 5.75 Å². The van der Waals surface area contributed by atoms with Crippen LogP contribution in [0.25, 0.3) is 0 Å². The number of hydrogen-bond acceptors (Lipinski definition) is 4. The molecule has 0 unspecified atom stereocenters. The van der Waals surface area contributed by atoms with E-state index in [2.05, 4.69) is 16.2 Å². The largest absolute Gasteiger partial charge is 0.483 e. The lowest BCUT2D eigenvalue weighted by atomic mass is 10.0. The molecule has 2 aromatic rings. The number of aryl methyl sites for hydroxylation is 2. The van der Waals surface area contributed by atoms with Crippen LogP contribution in [0.3, 0.4) is 0 Å². The number of ether oxygens (including phenoxy) is 1. The fourth-order valence-corrected chi connectivity index (χ4v) is 2.76. The van der Waals surface area contributed by atoms with E-state index in [1.54, 1.807) is 0 Å². The van der Waals surface area contributed by atoms with Gasteiger partial charge in [0.2, 0.25) is 11.8 Å². The van der Waals surface area contributed by atoms with Gasteiger partial charge in [0.05, 0.1) is 12.5 Å². The number of benzene rings is 2. The number of hydrazine groups is 1. The van der Waals surface area contributed by atoms with E-state index in [4.69, 9.17) is 4.74 Å². The molecule has 0 saturated heterocycles. The quantitative estimate of drug-likeness (QED) is 0.638. The second kappa shape index (κ2) is 10.1. The Morgan fingerprint density at radius 3 is 2.11 bits per heavy atom. The minimum absolute atomic E-state index is 0.0123. The molecule has 28 heavy (non-hydrogen) atoms. The van der Waals surface area contributed by atoms with Crippen molar-refractivity contribution in [2.75, 3.05) is 6.61 Å². The Hall–Kier alpha value is -3.35. The molecule has 1 atom stereocenters. The Balaban J connectivity index is 1.84. The number of amides is 3. The van der Waals surface area contributed by atoms with Crippen LogP contribution in [0.15, 0.2) is 48.5 Å². The highest BCUT2D eigenvalue weighted by Gasteiger charge is 2.17. The van der Waals surface area contributed by atoms with E-state index in [1.165, 1.54) is 6.92 Å². The van der Waals surface area contributed by atoms with Crippen LogP contribution in [0.2, 0.25) is 0 Å². The molecule has 3 amide bonds. The highest BCUT2D eigenvalue weighted by Crippen LogP contribution is 2.22. The first-order chi connectivity index (χ1) is 13.4. The summed E-state index contributed by atoms with van der Waals surface area (Å²) in [4.78, 5) is 35.6. The molecule has 0 aliphatic rings. The van der Waals surface area contributed by atoms with Gasteiger partial charge >= 0.3 is 0 Å². The Kier molecular flexibility index (Phi) is 7.56. The second-order valence-electron chi connectivity index (χ2n) is 6.47. The minimum Gasteiger partial charge on any atom is -0.483 e. The third kappa shape index (κ3) is 6.42. The van der Waals surface area contributed by atoms with E-state index in [0.717, 1.165) is 16.7 Å². The SMILES string of the molecule is CC(=O)N[C@@H](CC(=O)NNC(=O)COc1c(C)cccc1C)c1ccccc1. The van der Waals surface area contributed by atoms with E-state index in [0.29, 0.717) is 5.75 Å². The maximum atomic E-state index is 12.2. The standard InChI is InChI=1S/C21H25N3O4/c1-14-8-7-9-15(2)21(14)28-13-20(27)24-23-19(26)12-18(22-16(3)25)17-10-5-4-6-11-17/h4-11,18H,12-13H2,1-3H3,(H,22,25)(H,23,26)(H,24,27)/t18-/m0/s1. The third-order valence-electron chi connectivity index (χ3n) is 4.07. The highest BCUT2D eigenvalue weighted by atomic mass is 16.5. The van der Waals surface area contributed by atoms with Gasteiger partial charge < -0.3 is 10.1 Å². The van der Waals surface area contributed by atoms with Gasteiger partial charge in [0.1, 0.15) is 5.75 Å². The van der Waals surface area contributed by atoms with Crippen molar-refractivity contribution < 1.29 is 19.1 Å². The maximum absolute atomic E-state index is 12.2. The van der Waals surface area contributed by atoms with Gasteiger partial charge in [0.25, 0.3) is 5.91 Å². The van der Waals surface area contributed by atoms with Crippen LogP contribution in [0, 0.1) is 13.8 Å². The molecule has 7 heteroatoms. The van der Waals surface area contributed by atoms with E-state index < -0.39 is 17.9 Å². The third-order valence-corrected chi connectivity index (χ3v) is 4.07. The fraction of sp³-hybridized carbons (Fsp3) is 0.286. The smallest absolute Gasteiger partial charge is 0.276 e. The van der Waals surface area contributed by atoms with Gasteiger partial charge in [-0.05, 0) is 30.5 Å². The predicted molar refractivity (Wildman–Crippen MR) is 105 cm³/mol. The molecule has 0 fully saturated rings. The molecule has 0 heterocycles. The van der Waals surface area contributed by atoms with Gasteiger partial charge in [-0.2, -0.15) is 0 Å². The van der Waals surface area contributed by atoms with Gasteiger partial charge in [-0.3, -0.25) is 25.2 Å². The van der Waals surface area contributed by atoms with E-state index >= 15 is 0 Å². The Morgan fingerprint density at radius 1 is 0.893 bits per heavy atom. The van der Waals surface area contributed by atoms with Crippen LogP contribution in [0.4, 0.5) is 0 Å². The summed E-state index contributed by atoms with van der Waals surface area (Å²) in [6.07, 6.45) is -0.0123. The van der Waals surface area contributed by atoms with Crippen molar-refractivity contribution in [1.29, 1.82) is 0 Å². The number of nitrogens with one attached hydrogen (secondary N) is 3. The predicted octanol–water partition coefficient (Wildman–Crippen LogP) is 2.10. The summed E-state index contributed by atoms with van der Waals surface area (Å²) >= 11 is 0. The first kappa shape index (κ1) is 21.0. The van der Waals surface area contributed by atoms with Gasteiger partial charge in [-0.25, -0.2) is 0 Å². The lowest BCUT2D eigenvalue weighted by Crippen LogP contribution is -2.45. The summed E-state index contributed by atoms with van der Waals surface area (Å²) in [5, 5.41) is 2.74. The van der Waals surface area contributed by atoms with Crippen molar-refractivity contribution in [2.45, 2.75) is 33.2 Å². The zero-order valence-corrected chi connectivity index (χ0v) is 16.2. The molecule has 0 aliphatic heterocycles.